The number of aromatic amines is 1. The van der Waals surface area contributed by atoms with E-state index >= 15 is 0 Å². The van der Waals surface area contributed by atoms with E-state index in [1.165, 1.54) is 11.3 Å². The molecule has 0 aliphatic carbocycles. The number of H-pyrrole nitrogens is 1. The third-order valence-electron chi connectivity index (χ3n) is 4.56. The number of rotatable bonds is 7. The average molecular weight is 384 g/mol. The molecule has 3 N–H and O–H groups in total. The number of hydrogen-bond donors (Lipinski definition) is 3. The van der Waals surface area contributed by atoms with E-state index in [9.17, 15) is 0 Å². The molecule has 0 spiro atoms. The predicted molar refractivity (Wildman–Crippen MR) is 108 cm³/mol. The molecule has 3 aromatic rings. The van der Waals surface area contributed by atoms with Crippen LogP contribution in [0, 0.1) is 13.8 Å². The largest absolute Gasteiger partial charge is 0.461 e. The Morgan fingerprint density at radius 3 is 2.86 bits per heavy atom. The maximum atomic E-state index is 5.31. The van der Waals surface area contributed by atoms with Crippen molar-refractivity contribution >= 4 is 5.96 Å². The molecule has 9 heteroatoms. The Balaban J connectivity index is 1.64. The first-order valence-electron chi connectivity index (χ1n) is 9.47. The zero-order valence-corrected chi connectivity index (χ0v) is 17.1. The van der Waals surface area contributed by atoms with E-state index in [1.54, 1.807) is 6.26 Å². The number of nitrogens with one attached hydrogen (secondary N) is 3. The summed E-state index contributed by atoms with van der Waals surface area (Å²) in [4.78, 5) is 9.04. The third-order valence-corrected chi connectivity index (χ3v) is 4.56. The van der Waals surface area contributed by atoms with Crippen LogP contribution in [0.4, 0.5) is 0 Å². The van der Waals surface area contributed by atoms with Crippen LogP contribution < -0.4 is 10.6 Å². The molecule has 0 amide bonds. The fraction of sp³-hybridized carbons (Fsp3) is 0.474. The summed E-state index contributed by atoms with van der Waals surface area (Å²) in [6.07, 6.45) is 2.48. The molecule has 0 saturated carbocycles. The number of aromatic nitrogens is 5. The van der Waals surface area contributed by atoms with Crippen LogP contribution in [0.3, 0.4) is 0 Å². The number of aryl methyl sites for hydroxylation is 2. The van der Waals surface area contributed by atoms with E-state index < -0.39 is 0 Å². The summed E-state index contributed by atoms with van der Waals surface area (Å²) in [6, 6.07) is 3.84. The molecule has 150 valence electrons. The molecule has 0 radical (unpaired) electrons. The van der Waals surface area contributed by atoms with Gasteiger partial charge in [-0.25, -0.2) is 9.98 Å². The molecule has 9 nitrogen and oxygen atoms in total. The van der Waals surface area contributed by atoms with Gasteiger partial charge in [-0.15, -0.1) is 5.10 Å². The van der Waals surface area contributed by atoms with Crippen molar-refractivity contribution in [3.63, 3.8) is 0 Å². The van der Waals surface area contributed by atoms with Gasteiger partial charge in [-0.3, -0.25) is 9.78 Å². The lowest BCUT2D eigenvalue weighted by molar-refractivity contribution is 0.577. The quantitative estimate of drug-likeness (QED) is 0.425. The van der Waals surface area contributed by atoms with Crippen molar-refractivity contribution in [1.82, 2.24) is 35.6 Å². The Kier molecular flexibility index (Phi) is 6.13. The van der Waals surface area contributed by atoms with Crippen molar-refractivity contribution in [2.75, 3.05) is 6.54 Å². The maximum Gasteiger partial charge on any atom is 0.216 e. The van der Waals surface area contributed by atoms with Gasteiger partial charge < -0.3 is 15.1 Å². The minimum absolute atomic E-state index is 0.202. The van der Waals surface area contributed by atoms with Crippen LogP contribution in [0.15, 0.2) is 27.8 Å². The van der Waals surface area contributed by atoms with Gasteiger partial charge in [-0.2, -0.15) is 5.10 Å². The van der Waals surface area contributed by atoms with Gasteiger partial charge in [-0.05, 0) is 51.8 Å². The summed E-state index contributed by atoms with van der Waals surface area (Å²) < 4.78 is 7.24. The molecule has 1 atom stereocenters. The van der Waals surface area contributed by atoms with Gasteiger partial charge in [0.15, 0.2) is 11.7 Å². The molecule has 0 aliphatic heterocycles. The minimum Gasteiger partial charge on any atom is -0.461 e. The van der Waals surface area contributed by atoms with E-state index in [-0.39, 0.29) is 6.04 Å². The van der Waals surface area contributed by atoms with Gasteiger partial charge in [-0.1, -0.05) is 0 Å². The highest BCUT2D eigenvalue weighted by Gasteiger charge is 2.14. The molecule has 0 aromatic carbocycles. The maximum absolute atomic E-state index is 5.31. The van der Waals surface area contributed by atoms with Crippen molar-refractivity contribution in [2.24, 2.45) is 12.0 Å². The van der Waals surface area contributed by atoms with Crippen LogP contribution in [0.5, 0.6) is 0 Å². The standard InChI is InChI=1S/C19H28N8O/c1-6-20-19(22-12(2)10-15-13(3)26-27(5)14(15)4)21-11-17-23-18(25-24-17)16-8-7-9-28-16/h7-9,12H,6,10-11H2,1-5H3,(H2,20,21,22)(H,23,24,25). The summed E-state index contributed by atoms with van der Waals surface area (Å²) in [5, 5.41) is 18.3. The van der Waals surface area contributed by atoms with Crippen LogP contribution >= 0.6 is 0 Å². The Labute approximate surface area is 164 Å². The summed E-state index contributed by atoms with van der Waals surface area (Å²) in [5.74, 6) is 2.58. The third kappa shape index (κ3) is 4.59. The van der Waals surface area contributed by atoms with Crippen molar-refractivity contribution in [3.05, 3.63) is 41.2 Å². The molecule has 3 heterocycles. The molecule has 0 aliphatic rings. The molecule has 3 aromatic heterocycles. The van der Waals surface area contributed by atoms with Gasteiger partial charge in [0.2, 0.25) is 5.82 Å². The van der Waals surface area contributed by atoms with Gasteiger partial charge in [0.25, 0.3) is 0 Å². The molecule has 3 rings (SSSR count). The van der Waals surface area contributed by atoms with E-state index in [2.05, 4.69) is 56.7 Å². The molecule has 0 fully saturated rings. The lowest BCUT2D eigenvalue weighted by Gasteiger charge is -2.18. The second-order valence-electron chi connectivity index (χ2n) is 6.80. The first-order valence-corrected chi connectivity index (χ1v) is 9.47. The van der Waals surface area contributed by atoms with Gasteiger partial charge in [0, 0.05) is 25.3 Å². The fourth-order valence-electron chi connectivity index (χ4n) is 3.06. The van der Waals surface area contributed by atoms with Crippen LogP contribution in [-0.4, -0.2) is 43.5 Å². The number of furan rings is 1. The van der Waals surface area contributed by atoms with E-state index in [1.807, 2.05) is 30.8 Å². The first-order chi connectivity index (χ1) is 13.5. The van der Waals surface area contributed by atoms with Gasteiger partial charge >= 0.3 is 0 Å². The average Bonchev–Trinajstić information content (AvgIpc) is 3.38. The lowest BCUT2D eigenvalue weighted by atomic mass is 10.1. The van der Waals surface area contributed by atoms with Gasteiger partial charge in [0.1, 0.15) is 12.4 Å². The molecule has 28 heavy (non-hydrogen) atoms. The molecular formula is C19H28N8O. The normalized spacial score (nSPS) is 13.0. The second kappa shape index (κ2) is 8.73. The summed E-state index contributed by atoms with van der Waals surface area (Å²) >= 11 is 0. The monoisotopic (exact) mass is 384 g/mol. The molecule has 1 unspecified atom stereocenters. The van der Waals surface area contributed by atoms with E-state index in [4.69, 9.17) is 4.42 Å². The zero-order chi connectivity index (χ0) is 20.1. The Morgan fingerprint density at radius 2 is 2.21 bits per heavy atom. The smallest absolute Gasteiger partial charge is 0.216 e. The van der Waals surface area contributed by atoms with Crippen molar-refractivity contribution < 1.29 is 4.42 Å². The lowest BCUT2D eigenvalue weighted by Crippen LogP contribution is -2.43. The fourth-order valence-corrected chi connectivity index (χ4v) is 3.06. The van der Waals surface area contributed by atoms with Crippen molar-refractivity contribution in [3.8, 4) is 11.6 Å². The second-order valence-corrected chi connectivity index (χ2v) is 6.80. The SMILES string of the molecule is CCNC(=NCc1nc(-c2ccco2)n[nH]1)NC(C)Cc1c(C)nn(C)c1C. The summed E-state index contributed by atoms with van der Waals surface area (Å²) in [7, 11) is 1.98. The summed E-state index contributed by atoms with van der Waals surface area (Å²) in [6.45, 7) is 9.50. The van der Waals surface area contributed by atoms with Crippen LogP contribution in [0.1, 0.15) is 36.6 Å². The minimum atomic E-state index is 0.202. The van der Waals surface area contributed by atoms with E-state index in [0.717, 1.165) is 24.6 Å². The number of guanidine groups is 1. The van der Waals surface area contributed by atoms with Crippen molar-refractivity contribution in [2.45, 2.75) is 46.7 Å². The first kappa shape index (κ1) is 19.7. The highest BCUT2D eigenvalue weighted by Crippen LogP contribution is 2.15. The number of hydrogen-bond acceptors (Lipinski definition) is 5. The predicted octanol–water partition coefficient (Wildman–Crippen LogP) is 2.10. The zero-order valence-electron chi connectivity index (χ0n) is 17.1. The molecular weight excluding hydrogens is 356 g/mol. The Hall–Kier alpha value is -3.10. The number of aliphatic imine (C=N–C) groups is 1. The number of nitrogens with zero attached hydrogens (tertiary/aromatic N) is 5. The molecule has 0 bridgehead atoms. The van der Waals surface area contributed by atoms with Crippen molar-refractivity contribution in [1.29, 1.82) is 0 Å². The molecule has 0 saturated heterocycles. The Bertz CT molecular complexity index is 922. The Morgan fingerprint density at radius 1 is 1.39 bits per heavy atom. The summed E-state index contributed by atoms with van der Waals surface area (Å²) in [5.41, 5.74) is 3.54. The van der Waals surface area contributed by atoms with Crippen LogP contribution in [0.2, 0.25) is 0 Å². The van der Waals surface area contributed by atoms with Crippen LogP contribution in [0.25, 0.3) is 11.6 Å². The van der Waals surface area contributed by atoms with Gasteiger partial charge in [0.05, 0.1) is 12.0 Å². The van der Waals surface area contributed by atoms with E-state index in [0.29, 0.717) is 24.0 Å². The highest BCUT2D eigenvalue weighted by atomic mass is 16.3. The topological polar surface area (TPSA) is 109 Å². The highest BCUT2D eigenvalue weighted by molar-refractivity contribution is 5.80. The van der Waals surface area contributed by atoms with Crippen LogP contribution in [-0.2, 0) is 20.0 Å².